The molecule has 2 saturated heterocycles. The Labute approximate surface area is 215 Å². The Bertz CT molecular complexity index is 1280. The Morgan fingerprint density at radius 1 is 1.33 bits per heavy atom. The summed E-state index contributed by atoms with van der Waals surface area (Å²) in [4.78, 5) is 36.2. The van der Waals surface area contributed by atoms with Crippen molar-refractivity contribution in [3.8, 4) is 6.07 Å². The number of nitriles is 1. The van der Waals surface area contributed by atoms with Gasteiger partial charge in [-0.3, -0.25) is 9.36 Å². The van der Waals surface area contributed by atoms with Crippen LogP contribution in [0.3, 0.4) is 0 Å². The molecule has 36 heavy (non-hydrogen) atoms. The number of amides is 1. The zero-order chi connectivity index (χ0) is 26.4. The zero-order valence-corrected chi connectivity index (χ0v) is 22.1. The van der Waals surface area contributed by atoms with Gasteiger partial charge < -0.3 is 19.4 Å². The maximum atomic E-state index is 14.7. The number of carbonyl (C=O) groups is 1. The molecule has 0 saturated carbocycles. The standard InChI is InChI=1S/C25H32ClFN6O3/c1-15-13-31(24(35)36-25(2,3)4)9-10-32(15)20-17-11-19(27)21(26)29-22(17)33(23(34)18(20)12-28)14-16-7-6-8-30(16)5/h11,15-16H,6-10,13-14H2,1-5H3/t15-,16-/m0/s1. The Kier molecular flexibility index (Phi) is 7.17. The van der Waals surface area contributed by atoms with Gasteiger partial charge in [0.15, 0.2) is 11.0 Å². The molecule has 0 bridgehead atoms. The molecular formula is C25H32ClFN6O3. The van der Waals surface area contributed by atoms with E-state index >= 15 is 0 Å². The van der Waals surface area contributed by atoms with Crippen LogP contribution in [0.5, 0.6) is 0 Å². The van der Waals surface area contributed by atoms with Gasteiger partial charge in [0.1, 0.15) is 22.9 Å². The van der Waals surface area contributed by atoms with Crippen LogP contribution in [0.2, 0.25) is 5.15 Å². The van der Waals surface area contributed by atoms with E-state index in [0.717, 1.165) is 19.4 Å². The first-order chi connectivity index (χ1) is 16.9. The van der Waals surface area contributed by atoms with Crippen molar-refractivity contribution in [3.63, 3.8) is 0 Å². The Balaban J connectivity index is 1.79. The monoisotopic (exact) mass is 518 g/mol. The summed E-state index contributed by atoms with van der Waals surface area (Å²) in [6, 6.07) is 3.16. The van der Waals surface area contributed by atoms with Crippen LogP contribution in [0, 0.1) is 17.1 Å². The molecule has 2 fully saturated rings. The average molecular weight is 519 g/mol. The van der Waals surface area contributed by atoms with Gasteiger partial charge in [0.2, 0.25) is 0 Å². The van der Waals surface area contributed by atoms with E-state index in [4.69, 9.17) is 16.3 Å². The van der Waals surface area contributed by atoms with Crippen LogP contribution in [0.25, 0.3) is 11.0 Å². The van der Waals surface area contributed by atoms with Crippen molar-refractivity contribution in [3.05, 3.63) is 33.0 Å². The van der Waals surface area contributed by atoms with Crippen LogP contribution in [-0.2, 0) is 11.3 Å². The molecule has 2 aliphatic heterocycles. The number of rotatable bonds is 3. The minimum atomic E-state index is -0.725. The van der Waals surface area contributed by atoms with Gasteiger partial charge in [0.25, 0.3) is 5.56 Å². The van der Waals surface area contributed by atoms with Crippen molar-refractivity contribution in [1.29, 1.82) is 5.26 Å². The molecule has 0 unspecified atom stereocenters. The van der Waals surface area contributed by atoms with E-state index in [-0.39, 0.29) is 28.4 Å². The Morgan fingerprint density at radius 2 is 2.06 bits per heavy atom. The number of aromatic nitrogens is 2. The van der Waals surface area contributed by atoms with Crippen LogP contribution in [0.15, 0.2) is 10.9 Å². The molecule has 2 atom stereocenters. The molecule has 0 aliphatic carbocycles. The lowest BCUT2D eigenvalue weighted by atomic mass is 10.1. The van der Waals surface area contributed by atoms with Crippen LogP contribution < -0.4 is 10.5 Å². The van der Waals surface area contributed by atoms with Crippen molar-refractivity contribution in [2.24, 2.45) is 0 Å². The first-order valence-electron chi connectivity index (χ1n) is 12.2. The summed E-state index contributed by atoms with van der Waals surface area (Å²) in [5.74, 6) is -0.725. The van der Waals surface area contributed by atoms with E-state index in [1.54, 1.807) is 25.7 Å². The van der Waals surface area contributed by atoms with Gasteiger partial charge in [-0.15, -0.1) is 0 Å². The molecule has 0 N–H and O–H groups in total. The molecule has 2 aliphatic rings. The highest BCUT2D eigenvalue weighted by Crippen LogP contribution is 2.33. The lowest BCUT2D eigenvalue weighted by Crippen LogP contribution is -2.55. The van der Waals surface area contributed by atoms with E-state index in [1.807, 2.05) is 18.9 Å². The van der Waals surface area contributed by atoms with Crippen LogP contribution in [-0.4, -0.2) is 76.4 Å². The molecule has 9 nitrogen and oxygen atoms in total. The summed E-state index contributed by atoms with van der Waals surface area (Å²) in [5, 5.41) is 10.1. The second kappa shape index (κ2) is 9.87. The number of piperazine rings is 1. The smallest absolute Gasteiger partial charge is 0.410 e. The topological polar surface area (TPSA) is 94.7 Å². The van der Waals surface area contributed by atoms with Gasteiger partial charge in [-0.25, -0.2) is 14.2 Å². The highest BCUT2D eigenvalue weighted by Gasteiger charge is 2.34. The number of hydrogen-bond acceptors (Lipinski definition) is 7. The first kappa shape index (κ1) is 26.2. The second-order valence-corrected chi connectivity index (χ2v) is 11.0. The largest absolute Gasteiger partial charge is 0.444 e. The van der Waals surface area contributed by atoms with Gasteiger partial charge >= 0.3 is 6.09 Å². The summed E-state index contributed by atoms with van der Waals surface area (Å²) < 4.78 is 21.6. The number of nitrogens with zero attached hydrogens (tertiary/aromatic N) is 6. The van der Waals surface area contributed by atoms with E-state index < -0.39 is 23.1 Å². The fraction of sp³-hybridized carbons (Fsp3) is 0.600. The number of hydrogen-bond donors (Lipinski definition) is 0. The predicted molar refractivity (Wildman–Crippen MR) is 136 cm³/mol. The fourth-order valence-corrected chi connectivity index (χ4v) is 5.21. The minimum Gasteiger partial charge on any atom is -0.444 e. The van der Waals surface area contributed by atoms with Gasteiger partial charge in [0.05, 0.1) is 5.69 Å². The number of halogens is 2. The van der Waals surface area contributed by atoms with E-state index in [2.05, 4.69) is 16.0 Å². The fourth-order valence-electron chi connectivity index (χ4n) is 5.08. The number of likely N-dealkylation sites (N-methyl/N-ethyl adjacent to an activating group) is 1. The quantitative estimate of drug-likeness (QED) is 0.573. The molecule has 11 heteroatoms. The highest BCUT2D eigenvalue weighted by molar-refractivity contribution is 6.30. The number of pyridine rings is 2. The molecular weight excluding hydrogens is 487 g/mol. The van der Waals surface area contributed by atoms with E-state index in [1.165, 1.54) is 10.6 Å². The van der Waals surface area contributed by atoms with Crippen molar-refractivity contribution < 1.29 is 13.9 Å². The van der Waals surface area contributed by atoms with Crippen LogP contribution in [0.1, 0.15) is 46.1 Å². The first-order valence-corrected chi connectivity index (χ1v) is 12.6. The average Bonchev–Trinajstić information content (AvgIpc) is 3.20. The summed E-state index contributed by atoms with van der Waals surface area (Å²) in [6.45, 7) is 9.54. The number of anilines is 1. The molecule has 4 heterocycles. The lowest BCUT2D eigenvalue weighted by Gasteiger charge is -2.42. The Hall–Kier alpha value is -2.90. The third-order valence-corrected chi connectivity index (χ3v) is 7.13. The van der Waals surface area contributed by atoms with Crippen LogP contribution >= 0.6 is 11.6 Å². The number of carbonyl (C=O) groups excluding carboxylic acids is 1. The van der Waals surface area contributed by atoms with E-state index in [0.29, 0.717) is 37.3 Å². The van der Waals surface area contributed by atoms with Crippen molar-refractivity contribution >= 4 is 34.4 Å². The van der Waals surface area contributed by atoms with Gasteiger partial charge in [0, 0.05) is 43.6 Å². The summed E-state index contributed by atoms with van der Waals surface area (Å²) in [6.07, 6.45) is 1.50. The molecule has 0 aromatic carbocycles. The Morgan fingerprint density at radius 3 is 2.64 bits per heavy atom. The summed E-state index contributed by atoms with van der Waals surface area (Å²) in [7, 11) is 2.00. The minimum absolute atomic E-state index is 0.0655. The highest BCUT2D eigenvalue weighted by atomic mass is 35.5. The predicted octanol–water partition coefficient (Wildman–Crippen LogP) is 3.60. The zero-order valence-electron chi connectivity index (χ0n) is 21.3. The molecule has 1 amide bonds. The number of ether oxygens (including phenoxy) is 1. The van der Waals surface area contributed by atoms with Crippen LogP contribution in [0.4, 0.5) is 14.9 Å². The SMILES string of the molecule is C[C@H]1CN(C(=O)OC(C)(C)C)CCN1c1c(C#N)c(=O)n(C[C@@H]2CCCN2C)c2nc(Cl)c(F)cc12. The normalized spacial score (nSPS) is 21.2. The van der Waals surface area contributed by atoms with Crippen molar-refractivity contribution in [2.75, 3.05) is 38.1 Å². The maximum Gasteiger partial charge on any atom is 0.410 e. The third-order valence-electron chi connectivity index (χ3n) is 6.86. The van der Waals surface area contributed by atoms with E-state index in [9.17, 15) is 19.2 Å². The van der Waals surface area contributed by atoms with Gasteiger partial charge in [-0.05, 0) is 60.2 Å². The molecule has 2 aromatic heterocycles. The molecule has 0 spiro atoms. The van der Waals surface area contributed by atoms with Gasteiger partial charge in [-0.1, -0.05) is 11.6 Å². The summed E-state index contributed by atoms with van der Waals surface area (Å²) >= 11 is 6.06. The molecule has 4 rings (SSSR count). The number of fused-ring (bicyclic) bond motifs is 1. The molecule has 194 valence electrons. The van der Waals surface area contributed by atoms with Crippen molar-refractivity contribution in [1.82, 2.24) is 19.4 Å². The lowest BCUT2D eigenvalue weighted by molar-refractivity contribution is 0.0219. The molecule has 0 radical (unpaired) electrons. The van der Waals surface area contributed by atoms with Gasteiger partial charge in [-0.2, -0.15) is 5.26 Å². The summed E-state index contributed by atoms with van der Waals surface area (Å²) in [5.41, 5.74) is -0.584. The molecule has 2 aromatic rings. The van der Waals surface area contributed by atoms with Crippen molar-refractivity contribution in [2.45, 2.75) is 64.8 Å². The number of likely N-dealkylation sites (tertiary alicyclic amines) is 1. The maximum absolute atomic E-state index is 14.7. The third kappa shape index (κ3) is 5.00. The second-order valence-electron chi connectivity index (χ2n) is 10.6.